The molecule has 1 aromatic carbocycles. The number of hydrogen-bond donors (Lipinski definition) is 2. The van der Waals surface area contributed by atoms with Crippen LogP contribution in [-0.4, -0.2) is 21.1 Å². The summed E-state index contributed by atoms with van der Waals surface area (Å²) in [6.07, 6.45) is 3.96. The van der Waals surface area contributed by atoms with Crippen molar-refractivity contribution in [3.63, 3.8) is 0 Å². The number of hydrogen-bond acceptors (Lipinski definition) is 5. The van der Waals surface area contributed by atoms with E-state index in [1.807, 2.05) is 24.3 Å². The van der Waals surface area contributed by atoms with Gasteiger partial charge in [0.15, 0.2) is 16.6 Å². The fraction of sp³-hybridized carbons (Fsp3) is 0.0556. The Morgan fingerprint density at radius 2 is 2.15 bits per heavy atom. The Morgan fingerprint density at radius 1 is 1.27 bits per heavy atom. The Kier molecular flexibility index (Phi) is 4.55. The maximum Gasteiger partial charge on any atom is 0.277 e. The number of amides is 1. The summed E-state index contributed by atoms with van der Waals surface area (Å²) in [5, 5.41) is 10.8. The SMILES string of the molecule is O=C(Nc1ncc(Cc2ccccc2Cl)s1)c1cc(-c2ccco2)[nH]n1. The van der Waals surface area contributed by atoms with Crippen LogP contribution in [0.2, 0.25) is 5.02 Å². The van der Waals surface area contributed by atoms with Crippen LogP contribution in [0.1, 0.15) is 20.9 Å². The van der Waals surface area contributed by atoms with Gasteiger partial charge in [0.2, 0.25) is 0 Å². The van der Waals surface area contributed by atoms with Crippen LogP contribution < -0.4 is 5.32 Å². The molecule has 0 saturated carbocycles. The van der Waals surface area contributed by atoms with Crippen molar-refractivity contribution in [2.45, 2.75) is 6.42 Å². The summed E-state index contributed by atoms with van der Waals surface area (Å²) in [4.78, 5) is 17.6. The van der Waals surface area contributed by atoms with Crippen LogP contribution in [0.15, 0.2) is 59.3 Å². The lowest BCUT2D eigenvalue weighted by Crippen LogP contribution is -2.11. The summed E-state index contributed by atoms with van der Waals surface area (Å²) in [5.74, 6) is 0.283. The molecular formula is C18H13ClN4O2S. The Bertz CT molecular complexity index is 1040. The van der Waals surface area contributed by atoms with Gasteiger partial charge in [-0.05, 0) is 23.8 Å². The third kappa shape index (κ3) is 3.54. The second-order valence-electron chi connectivity index (χ2n) is 5.50. The Labute approximate surface area is 157 Å². The van der Waals surface area contributed by atoms with E-state index in [1.54, 1.807) is 30.7 Å². The monoisotopic (exact) mass is 384 g/mol. The number of furan rings is 1. The van der Waals surface area contributed by atoms with Crippen molar-refractivity contribution in [2.24, 2.45) is 0 Å². The van der Waals surface area contributed by atoms with E-state index in [0.29, 0.717) is 28.0 Å². The van der Waals surface area contributed by atoms with Crippen molar-refractivity contribution in [1.29, 1.82) is 0 Å². The molecule has 0 aliphatic heterocycles. The molecule has 0 saturated heterocycles. The fourth-order valence-corrected chi connectivity index (χ4v) is 3.47. The van der Waals surface area contributed by atoms with E-state index >= 15 is 0 Å². The Balaban J connectivity index is 1.44. The predicted octanol–water partition coefficient (Wildman–Crippen LogP) is 4.62. The van der Waals surface area contributed by atoms with Gasteiger partial charge in [0.05, 0.1) is 6.26 Å². The van der Waals surface area contributed by atoms with Gasteiger partial charge in [-0.15, -0.1) is 11.3 Å². The van der Waals surface area contributed by atoms with E-state index in [9.17, 15) is 4.79 Å². The van der Waals surface area contributed by atoms with Crippen LogP contribution in [0.3, 0.4) is 0 Å². The minimum Gasteiger partial charge on any atom is -0.463 e. The van der Waals surface area contributed by atoms with E-state index in [2.05, 4.69) is 20.5 Å². The molecule has 2 N–H and O–H groups in total. The van der Waals surface area contributed by atoms with Gasteiger partial charge in [-0.1, -0.05) is 29.8 Å². The molecular weight excluding hydrogens is 372 g/mol. The predicted molar refractivity (Wildman–Crippen MR) is 101 cm³/mol. The third-order valence-corrected chi connectivity index (χ3v) is 4.98. The standard InChI is InChI=1S/C18H13ClN4O2S/c19-13-5-2-1-4-11(13)8-12-10-20-18(26-12)21-17(24)15-9-14(22-23-15)16-6-3-7-25-16/h1-7,9-10H,8H2,(H,22,23)(H,20,21,24). The van der Waals surface area contributed by atoms with Crippen LogP contribution in [0.4, 0.5) is 5.13 Å². The highest BCUT2D eigenvalue weighted by atomic mass is 35.5. The molecule has 4 aromatic rings. The minimum absolute atomic E-state index is 0.263. The van der Waals surface area contributed by atoms with Crippen molar-refractivity contribution in [3.8, 4) is 11.5 Å². The van der Waals surface area contributed by atoms with Crippen LogP contribution in [0.5, 0.6) is 0 Å². The number of carbonyl (C=O) groups is 1. The normalized spacial score (nSPS) is 10.8. The lowest BCUT2D eigenvalue weighted by atomic mass is 10.1. The Morgan fingerprint density at radius 3 is 2.96 bits per heavy atom. The van der Waals surface area contributed by atoms with Crippen LogP contribution >= 0.6 is 22.9 Å². The van der Waals surface area contributed by atoms with Crippen molar-refractivity contribution in [2.75, 3.05) is 5.32 Å². The summed E-state index contributed by atoms with van der Waals surface area (Å²) in [6, 6.07) is 12.9. The molecule has 0 bridgehead atoms. The smallest absolute Gasteiger partial charge is 0.277 e. The number of aromatic nitrogens is 3. The minimum atomic E-state index is -0.335. The van der Waals surface area contributed by atoms with Gasteiger partial charge in [0.1, 0.15) is 5.69 Å². The molecule has 0 aliphatic rings. The van der Waals surface area contributed by atoms with Gasteiger partial charge >= 0.3 is 0 Å². The number of rotatable bonds is 5. The third-order valence-electron chi connectivity index (χ3n) is 3.69. The molecule has 8 heteroatoms. The number of thiazole rings is 1. The molecule has 0 spiro atoms. The number of carbonyl (C=O) groups excluding carboxylic acids is 1. The summed E-state index contributed by atoms with van der Waals surface area (Å²) >= 11 is 7.59. The number of H-pyrrole nitrogens is 1. The zero-order valence-electron chi connectivity index (χ0n) is 13.4. The number of aromatic amines is 1. The average Bonchev–Trinajstić information content (AvgIpc) is 3.38. The van der Waals surface area contributed by atoms with Gasteiger partial charge in [-0.25, -0.2) is 4.98 Å². The topological polar surface area (TPSA) is 83.8 Å². The molecule has 6 nitrogen and oxygen atoms in total. The van der Waals surface area contributed by atoms with Crippen molar-refractivity contribution in [3.05, 3.63) is 76.1 Å². The molecule has 130 valence electrons. The molecule has 0 aliphatic carbocycles. The first-order chi connectivity index (χ1) is 12.7. The zero-order valence-corrected chi connectivity index (χ0v) is 15.0. The summed E-state index contributed by atoms with van der Waals surface area (Å²) in [5.41, 5.74) is 1.92. The van der Waals surface area contributed by atoms with Crippen LogP contribution in [0, 0.1) is 0 Å². The van der Waals surface area contributed by atoms with Gasteiger partial charge in [0.25, 0.3) is 5.91 Å². The lowest BCUT2D eigenvalue weighted by molar-refractivity contribution is 0.102. The average molecular weight is 385 g/mol. The molecule has 4 rings (SSSR count). The first kappa shape index (κ1) is 16.6. The molecule has 3 aromatic heterocycles. The largest absolute Gasteiger partial charge is 0.463 e. The fourth-order valence-electron chi connectivity index (χ4n) is 2.43. The van der Waals surface area contributed by atoms with E-state index in [1.165, 1.54) is 11.3 Å². The Hall–Kier alpha value is -2.90. The van der Waals surface area contributed by atoms with Gasteiger partial charge in [0, 0.05) is 28.6 Å². The second kappa shape index (κ2) is 7.15. The van der Waals surface area contributed by atoms with E-state index in [4.69, 9.17) is 16.0 Å². The van der Waals surface area contributed by atoms with Gasteiger partial charge in [-0.2, -0.15) is 5.10 Å². The lowest BCUT2D eigenvalue weighted by Gasteiger charge is -2.00. The molecule has 0 unspecified atom stereocenters. The number of halogens is 1. The quantitative estimate of drug-likeness (QED) is 0.525. The molecule has 1 amide bonds. The summed E-state index contributed by atoms with van der Waals surface area (Å²) in [6.45, 7) is 0. The first-order valence-electron chi connectivity index (χ1n) is 7.78. The summed E-state index contributed by atoms with van der Waals surface area (Å²) in [7, 11) is 0. The van der Waals surface area contributed by atoms with Crippen molar-refractivity contribution < 1.29 is 9.21 Å². The van der Waals surface area contributed by atoms with Gasteiger partial charge < -0.3 is 4.42 Å². The molecule has 3 heterocycles. The van der Waals surface area contributed by atoms with Gasteiger partial charge in [-0.3, -0.25) is 15.2 Å². The maximum atomic E-state index is 12.3. The van der Waals surface area contributed by atoms with Crippen molar-refractivity contribution in [1.82, 2.24) is 15.2 Å². The highest BCUT2D eigenvalue weighted by Crippen LogP contribution is 2.25. The zero-order chi connectivity index (χ0) is 17.9. The molecule has 26 heavy (non-hydrogen) atoms. The van der Waals surface area contributed by atoms with Crippen LogP contribution in [0.25, 0.3) is 11.5 Å². The first-order valence-corrected chi connectivity index (χ1v) is 8.97. The highest BCUT2D eigenvalue weighted by molar-refractivity contribution is 7.15. The van der Waals surface area contributed by atoms with E-state index in [0.717, 1.165) is 10.4 Å². The van der Waals surface area contributed by atoms with E-state index in [-0.39, 0.29) is 11.6 Å². The molecule has 0 atom stereocenters. The molecule has 0 radical (unpaired) electrons. The molecule has 0 fully saturated rings. The summed E-state index contributed by atoms with van der Waals surface area (Å²) < 4.78 is 5.28. The number of anilines is 1. The maximum absolute atomic E-state index is 12.3. The second-order valence-corrected chi connectivity index (χ2v) is 7.02. The number of benzene rings is 1. The number of nitrogens with one attached hydrogen (secondary N) is 2. The highest BCUT2D eigenvalue weighted by Gasteiger charge is 2.15. The van der Waals surface area contributed by atoms with Crippen LogP contribution in [-0.2, 0) is 6.42 Å². The van der Waals surface area contributed by atoms with E-state index < -0.39 is 0 Å². The van der Waals surface area contributed by atoms with Crippen molar-refractivity contribution >= 4 is 34.0 Å². The number of nitrogens with zero attached hydrogens (tertiary/aromatic N) is 2.